The molecular formula is C16H18ClNO2S. The summed E-state index contributed by atoms with van der Waals surface area (Å²) in [5.41, 5.74) is 2.05. The number of benzene rings is 1. The number of hydrogen-bond donors (Lipinski definition) is 0. The summed E-state index contributed by atoms with van der Waals surface area (Å²) < 4.78 is 4.94. The first-order valence-electron chi connectivity index (χ1n) is 6.67. The highest BCUT2D eigenvalue weighted by Crippen LogP contribution is 2.28. The summed E-state index contributed by atoms with van der Waals surface area (Å²) in [6.07, 6.45) is 0.887. The highest BCUT2D eigenvalue weighted by molar-refractivity contribution is 7.07. The second-order valence-corrected chi connectivity index (χ2v) is 6.00. The first kappa shape index (κ1) is 16.0. The Morgan fingerprint density at radius 3 is 2.76 bits per heavy atom. The van der Waals surface area contributed by atoms with Crippen LogP contribution in [0.5, 0.6) is 0 Å². The maximum atomic E-state index is 12.1. The van der Waals surface area contributed by atoms with Gasteiger partial charge in [0.25, 0.3) is 0 Å². The van der Waals surface area contributed by atoms with E-state index in [1.807, 2.05) is 30.1 Å². The molecule has 1 heterocycles. The van der Waals surface area contributed by atoms with Crippen LogP contribution in [-0.4, -0.2) is 31.6 Å². The van der Waals surface area contributed by atoms with Crippen LogP contribution in [0.1, 0.15) is 17.2 Å². The van der Waals surface area contributed by atoms with Gasteiger partial charge in [-0.3, -0.25) is 4.90 Å². The lowest BCUT2D eigenvalue weighted by atomic mass is 10.1. The molecule has 0 spiro atoms. The molecule has 0 aliphatic heterocycles. The van der Waals surface area contributed by atoms with Crippen molar-refractivity contribution in [1.29, 1.82) is 0 Å². The maximum Gasteiger partial charge on any atom is 0.327 e. The summed E-state index contributed by atoms with van der Waals surface area (Å²) in [5.74, 6) is -0.295. The SMILES string of the molecule is COC(=O)C(c1ccccc1Cl)N(C)CCc1ccsc1. The summed E-state index contributed by atoms with van der Waals surface area (Å²) in [5, 5.41) is 4.76. The van der Waals surface area contributed by atoms with Crippen molar-refractivity contribution in [3.05, 3.63) is 57.2 Å². The van der Waals surface area contributed by atoms with Gasteiger partial charge in [0.05, 0.1) is 7.11 Å². The summed E-state index contributed by atoms with van der Waals surface area (Å²) in [7, 11) is 3.32. The smallest absolute Gasteiger partial charge is 0.327 e. The second kappa shape index (κ2) is 7.59. The number of carbonyl (C=O) groups excluding carboxylic acids is 1. The monoisotopic (exact) mass is 323 g/mol. The van der Waals surface area contributed by atoms with Crippen LogP contribution in [-0.2, 0) is 16.0 Å². The van der Waals surface area contributed by atoms with Crippen molar-refractivity contribution < 1.29 is 9.53 Å². The van der Waals surface area contributed by atoms with Crippen LogP contribution in [0.25, 0.3) is 0 Å². The molecule has 5 heteroatoms. The van der Waals surface area contributed by atoms with E-state index >= 15 is 0 Å². The topological polar surface area (TPSA) is 29.5 Å². The van der Waals surface area contributed by atoms with Crippen molar-refractivity contribution in [2.45, 2.75) is 12.5 Å². The summed E-state index contributed by atoms with van der Waals surface area (Å²) in [6.45, 7) is 0.752. The van der Waals surface area contributed by atoms with E-state index < -0.39 is 6.04 Å². The largest absolute Gasteiger partial charge is 0.468 e. The van der Waals surface area contributed by atoms with E-state index in [9.17, 15) is 4.79 Å². The summed E-state index contributed by atoms with van der Waals surface area (Å²) in [6, 6.07) is 9.00. The molecule has 1 aromatic heterocycles. The Balaban J connectivity index is 2.16. The molecule has 0 N–H and O–H groups in total. The highest BCUT2D eigenvalue weighted by atomic mass is 35.5. The highest BCUT2D eigenvalue weighted by Gasteiger charge is 2.27. The van der Waals surface area contributed by atoms with Gasteiger partial charge in [0.2, 0.25) is 0 Å². The van der Waals surface area contributed by atoms with E-state index in [2.05, 4.69) is 16.8 Å². The average molecular weight is 324 g/mol. The van der Waals surface area contributed by atoms with Crippen molar-refractivity contribution >= 4 is 28.9 Å². The zero-order valence-corrected chi connectivity index (χ0v) is 13.7. The Labute approximate surface area is 134 Å². The zero-order valence-electron chi connectivity index (χ0n) is 12.1. The number of halogens is 1. The standard InChI is InChI=1S/C16H18ClNO2S/c1-18(9-7-12-8-10-21-11-12)15(16(19)20-2)13-5-3-4-6-14(13)17/h3-6,8,10-11,15H,7,9H2,1-2H3. The van der Waals surface area contributed by atoms with E-state index in [0.29, 0.717) is 5.02 Å². The van der Waals surface area contributed by atoms with Crippen molar-refractivity contribution in [3.8, 4) is 0 Å². The molecule has 0 aliphatic carbocycles. The molecule has 1 unspecified atom stereocenters. The van der Waals surface area contributed by atoms with Crippen LogP contribution >= 0.6 is 22.9 Å². The molecular weight excluding hydrogens is 306 g/mol. The quantitative estimate of drug-likeness (QED) is 0.757. The van der Waals surface area contributed by atoms with Crippen LogP contribution in [0, 0.1) is 0 Å². The minimum absolute atomic E-state index is 0.295. The number of rotatable bonds is 6. The van der Waals surface area contributed by atoms with E-state index in [1.165, 1.54) is 12.7 Å². The third-order valence-electron chi connectivity index (χ3n) is 3.40. The molecule has 0 fully saturated rings. The van der Waals surface area contributed by atoms with Crippen LogP contribution in [0.2, 0.25) is 5.02 Å². The molecule has 0 bridgehead atoms. The maximum absolute atomic E-state index is 12.1. The van der Waals surface area contributed by atoms with Gasteiger partial charge in [0.15, 0.2) is 0 Å². The Bertz CT molecular complexity index is 586. The fourth-order valence-corrected chi connectivity index (χ4v) is 3.16. The minimum Gasteiger partial charge on any atom is -0.468 e. The molecule has 0 radical (unpaired) electrons. The molecule has 0 amide bonds. The van der Waals surface area contributed by atoms with Crippen molar-refractivity contribution in [3.63, 3.8) is 0 Å². The lowest BCUT2D eigenvalue weighted by Gasteiger charge is -2.26. The molecule has 2 rings (SSSR count). The number of methoxy groups -OCH3 is 1. The molecule has 0 aliphatic rings. The van der Waals surface area contributed by atoms with E-state index in [4.69, 9.17) is 16.3 Å². The number of likely N-dealkylation sites (N-methyl/N-ethyl adjacent to an activating group) is 1. The molecule has 1 atom stereocenters. The molecule has 21 heavy (non-hydrogen) atoms. The molecule has 0 saturated heterocycles. The molecule has 3 nitrogen and oxygen atoms in total. The normalized spacial score (nSPS) is 12.4. The van der Waals surface area contributed by atoms with E-state index in [0.717, 1.165) is 18.5 Å². The number of ether oxygens (including phenoxy) is 1. The lowest BCUT2D eigenvalue weighted by Crippen LogP contribution is -2.33. The molecule has 2 aromatic rings. The van der Waals surface area contributed by atoms with Crippen molar-refractivity contribution in [1.82, 2.24) is 4.90 Å². The fraction of sp³-hybridized carbons (Fsp3) is 0.312. The van der Waals surface area contributed by atoms with E-state index in [-0.39, 0.29) is 5.97 Å². The number of esters is 1. The van der Waals surface area contributed by atoms with Crippen LogP contribution in [0.15, 0.2) is 41.1 Å². The Morgan fingerprint density at radius 2 is 2.14 bits per heavy atom. The van der Waals surface area contributed by atoms with Crippen LogP contribution in [0.4, 0.5) is 0 Å². The van der Waals surface area contributed by atoms with Gasteiger partial charge in [-0.2, -0.15) is 11.3 Å². The molecule has 1 aromatic carbocycles. The number of nitrogens with zero attached hydrogens (tertiary/aromatic N) is 1. The van der Waals surface area contributed by atoms with Gasteiger partial charge >= 0.3 is 5.97 Å². The first-order valence-corrected chi connectivity index (χ1v) is 7.99. The molecule has 0 saturated carbocycles. The van der Waals surface area contributed by atoms with Crippen molar-refractivity contribution in [2.75, 3.05) is 20.7 Å². The molecule has 112 valence electrons. The fourth-order valence-electron chi connectivity index (χ4n) is 2.22. The zero-order chi connectivity index (χ0) is 15.2. The number of carbonyl (C=O) groups is 1. The number of thiophene rings is 1. The second-order valence-electron chi connectivity index (χ2n) is 4.81. The third kappa shape index (κ3) is 4.06. The first-order chi connectivity index (χ1) is 10.1. The van der Waals surface area contributed by atoms with Gasteiger partial charge in [-0.1, -0.05) is 29.8 Å². The van der Waals surface area contributed by atoms with Gasteiger partial charge in [0.1, 0.15) is 6.04 Å². The minimum atomic E-state index is -0.484. The van der Waals surface area contributed by atoms with Gasteiger partial charge in [-0.05, 0) is 47.5 Å². The van der Waals surface area contributed by atoms with Crippen molar-refractivity contribution in [2.24, 2.45) is 0 Å². The predicted molar refractivity (Wildman–Crippen MR) is 86.9 cm³/mol. The predicted octanol–water partition coefficient (Wildman–Crippen LogP) is 3.79. The summed E-state index contributed by atoms with van der Waals surface area (Å²) in [4.78, 5) is 14.1. The van der Waals surface area contributed by atoms with Crippen LogP contribution in [0.3, 0.4) is 0 Å². The van der Waals surface area contributed by atoms with Gasteiger partial charge in [-0.15, -0.1) is 0 Å². The summed E-state index contributed by atoms with van der Waals surface area (Å²) >= 11 is 7.91. The van der Waals surface area contributed by atoms with Gasteiger partial charge < -0.3 is 4.74 Å². The average Bonchev–Trinajstić information content (AvgIpc) is 3.00. The number of hydrogen-bond acceptors (Lipinski definition) is 4. The van der Waals surface area contributed by atoms with E-state index in [1.54, 1.807) is 17.4 Å². The third-order valence-corrected chi connectivity index (χ3v) is 4.47. The Hall–Kier alpha value is -1.36. The van der Waals surface area contributed by atoms with Gasteiger partial charge in [-0.25, -0.2) is 4.79 Å². The van der Waals surface area contributed by atoms with Gasteiger partial charge in [0, 0.05) is 11.6 Å². The Morgan fingerprint density at radius 1 is 1.38 bits per heavy atom. The Kier molecular flexibility index (Phi) is 5.79. The lowest BCUT2D eigenvalue weighted by molar-refractivity contribution is -0.146. The van der Waals surface area contributed by atoms with Crippen LogP contribution < -0.4 is 0 Å².